The normalized spacial score (nSPS) is 19.8. The Bertz CT molecular complexity index is 473. The number of anilines is 2. The minimum Gasteiger partial charge on any atom is -0.397 e. The first-order chi connectivity index (χ1) is 9.58. The van der Waals surface area contributed by atoms with Gasteiger partial charge in [0.1, 0.15) is 0 Å². The van der Waals surface area contributed by atoms with Gasteiger partial charge in [-0.05, 0) is 49.9 Å². The molecule has 1 atom stereocenters. The van der Waals surface area contributed by atoms with Crippen molar-refractivity contribution in [1.29, 1.82) is 0 Å². The second kappa shape index (κ2) is 6.75. The summed E-state index contributed by atoms with van der Waals surface area (Å²) in [6.45, 7) is 6.73. The average Bonchev–Trinajstić information content (AvgIpc) is 2.42. The highest BCUT2D eigenvalue weighted by atomic mass is 16.2. The summed E-state index contributed by atoms with van der Waals surface area (Å²) in [6.07, 6.45) is 3.68. The smallest absolute Gasteiger partial charge is 0.238 e. The molecule has 0 saturated carbocycles. The van der Waals surface area contributed by atoms with E-state index < -0.39 is 0 Å². The molecule has 1 heterocycles. The van der Waals surface area contributed by atoms with E-state index in [2.05, 4.69) is 17.1 Å². The van der Waals surface area contributed by atoms with Crippen molar-refractivity contribution in [1.82, 2.24) is 4.90 Å². The zero-order valence-corrected chi connectivity index (χ0v) is 12.5. The van der Waals surface area contributed by atoms with Gasteiger partial charge in [-0.1, -0.05) is 19.4 Å². The number of carbonyl (C=O) groups excluding carboxylic acids is 1. The van der Waals surface area contributed by atoms with Crippen LogP contribution in [0.2, 0.25) is 0 Å². The Morgan fingerprint density at radius 3 is 3.00 bits per heavy atom. The van der Waals surface area contributed by atoms with E-state index >= 15 is 0 Å². The van der Waals surface area contributed by atoms with Crippen LogP contribution in [-0.2, 0) is 4.79 Å². The van der Waals surface area contributed by atoms with Crippen LogP contribution in [0.25, 0.3) is 0 Å². The molecule has 0 bridgehead atoms. The van der Waals surface area contributed by atoms with Gasteiger partial charge in [-0.25, -0.2) is 0 Å². The predicted molar refractivity (Wildman–Crippen MR) is 83.7 cm³/mol. The van der Waals surface area contributed by atoms with E-state index in [0.29, 0.717) is 17.9 Å². The molecule has 4 nitrogen and oxygen atoms in total. The first kappa shape index (κ1) is 14.9. The van der Waals surface area contributed by atoms with Crippen LogP contribution in [0.1, 0.15) is 31.7 Å². The van der Waals surface area contributed by atoms with Gasteiger partial charge in [0, 0.05) is 6.54 Å². The van der Waals surface area contributed by atoms with Gasteiger partial charge in [0.15, 0.2) is 0 Å². The van der Waals surface area contributed by atoms with E-state index in [1.54, 1.807) is 0 Å². The van der Waals surface area contributed by atoms with Crippen LogP contribution in [-0.4, -0.2) is 30.4 Å². The van der Waals surface area contributed by atoms with Crippen molar-refractivity contribution in [2.45, 2.75) is 33.1 Å². The van der Waals surface area contributed by atoms with Crippen molar-refractivity contribution in [3.63, 3.8) is 0 Å². The summed E-state index contributed by atoms with van der Waals surface area (Å²) in [5.41, 5.74) is 8.36. The number of rotatable bonds is 4. The Morgan fingerprint density at radius 2 is 2.30 bits per heavy atom. The molecular weight excluding hydrogens is 250 g/mol. The fourth-order valence-electron chi connectivity index (χ4n) is 2.82. The Labute approximate surface area is 121 Å². The number of nitrogen functional groups attached to an aromatic ring is 1. The zero-order chi connectivity index (χ0) is 14.5. The number of amides is 1. The fraction of sp³-hybridized carbons (Fsp3) is 0.562. The minimum atomic E-state index is 0.0253. The molecule has 1 amide bonds. The number of hydrogen-bond donors (Lipinski definition) is 2. The quantitative estimate of drug-likeness (QED) is 0.831. The second-order valence-electron chi connectivity index (χ2n) is 5.79. The van der Waals surface area contributed by atoms with Crippen LogP contribution in [0.15, 0.2) is 18.2 Å². The first-order valence-electron chi connectivity index (χ1n) is 7.46. The van der Waals surface area contributed by atoms with E-state index in [4.69, 9.17) is 5.73 Å². The van der Waals surface area contributed by atoms with Crippen LogP contribution in [0.4, 0.5) is 11.4 Å². The van der Waals surface area contributed by atoms with Crippen molar-refractivity contribution < 1.29 is 4.79 Å². The van der Waals surface area contributed by atoms with E-state index in [9.17, 15) is 4.79 Å². The van der Waals surface area contributed by atoms with Gasteiger partial charge >= 0.3 is 0 Å². The Morgan fingerprint density at radius 1 is 1.50 bits per heavy atom. The number of nitrogens with zero attached hydrogens (tertiary/aromatic N) is 1. The molecule has 0 radical (unpaired) electrons. The third kappa shape index (κ3) is 3.97. The summed E-state index contributed by atoms with van der Waals surface area (Å²) in [5, 5.41) is 2.91. The number of likely N-dealkylation sites (tertiary alicyclic amines) is 1. The molecule has 110 valence electrons. The Hall–Kier alpha value is -1.55. The SMILES string of the molecule is CCC1CCCN(CC(=O)Nc2ccc(C)cc2N)C1. The van der Waals surface area contributed by atoms with Gasteiger partial charge in [0.2, 0.25) is 5.91 Å². The lowest BCUT2D eigenvalue weighted by Crippen LogP contribution is -2.40. The molecule has 3 N–H and O–H groups in total. The molecule has 0 spiro atoms. The maximum absolute atomic E-state index is 12.1. The molecule has 20 heavy (non-hydrogen) atoms. The summed E-state index contributed by atoms with van der Waals surface area (Å²) in [7, 11) is 0. The number of carbonyl (C=O) groups is 1. The summed E-state index contributed by atoms with van der Waals surface area (Å²) >= 11 is 0. The molecular formula is C16H25N3O. The maximum Gasteiger partial charge on any atom is 0.238 e. The van der Waals surface area contributed by atoms with Gasteiger partial charge in [-0.15, -0.1) is 0 Å². The Kier molecular flexibility index (Phi) is 5.01. The first-order valence-corrected chi connectivity index (χ1v) is 7.46. The van der Waals surface area contributed by atoms with E-state index in [-0.39, 0.29) is 5.91 Å². The molecule has 0 aromatic heterocycles. The standard InChI is InChI=1S/C16H25N3O/c1-3-13-5-4-8-19(10-13)11-16(20)18-15-7-6-12(2)9-14(15)17/h6-7,9,13H,3-5,8,10-11,17H2,1-2H3,(H,18,20). The molecule has 1 unspecified atom stereocenters. The third-order valence-corrected chi connectivity index (χ3v) is 4.03. The summed E-state index contributed by atoms with van der Waals surface area (Å²) < 4.78 is 0. The molecule has 4 heteroatoms. The number of piperidine rings is 1. The van der Waals surface area contributed by atoms with E-state index in [1.807, 2.05) is 25.1 Å². The van der Waals surface area contributed by atoms with Crippen molar-refractivity contribution >= 4 is 17.3 Å². The van der Waals surface area contributed by atoms with Gasteiger partial charge in [-0.2, -0.15) is 0 Å². The van der Waals surface area contributed by atoms with Crippen LogP contribution >= 0.6 is 0 Å². The third-order valence-electron chi connectivity index (χ3n) is 4.03. The number of benzene rings is 1. The number of nitrogens with one attached hydrogen (secondary N) is 1. The van der Waals surface area contributed by atoms with Crippen LogP contribution < -0.4 is 11.1 Å². The number of hydrogen-bond acceptors (Lipinski definition) is 3. The molecule has 1 fully saturated rings. The highest BCUT2D eigenvalue weighted by molar-refractivity contribution is 5.95. The predicted octanol–water partition coefficient (Wildman–Crippen LogP) is 2.64. The summed E-state index contributed by atoms with van der Waals surface area (Å²) in [4.78, 5) is 14.4. The van der Waals surface area contributed by atoms with Gasteiger partial charge in [0.05, 0.1) is 17.9 Å². The van der Waals surface area contributed by atoms with Crippen molar-refractivity contribution in [3.05, 3.63) is 23.8 Å². The molecule has 1 aromatic carbocycles. The summed E-state index contributed by atoms with van der Waals surface area (Å²) in [5.74, 6) is 0.762. The molecule has 2 rings (SSSR count). The van der Waals surface area contributed by atoms with Crippen LogP contribution in [0, 0.1) is 12.8 Å². The minimum absolute atomic E-state index is 0.0253. The lowest BCUT2D eigenvalue weighted by molar-refractivity contribution is -0.117. The number of nitrogens with two attached hydrogens (primary N) is 1. The highest BCUT2D eigenvalue weighted by Gasteiger charge is 2.20. The highest BCUT2D eigenvalue weighted by Crippen LogP contribution is 2.21. The monoisotopic (exact) mass is 275 g/mol. The van der Waals surface area contributed by atoms with Crippen molar-refractivity contribution in [2.75, 3.05) is 30.7 Å². The Balaban J connectivity index is 1.88. The topological polar surface area (TPSA) is 58.4 Å². The second-order valence-corrected chi connectivity index (χ2v) is 5.79. The van der Waals surface area contributed by atoms with E-state index in [1.165, 1.54) is 19.3 Å². The average molecular weight is 275 g/mol. The molecule has 1 aromatic rings. The van der Waals surface area contributed by atoms with Crippen LogP contribution in [0.3, 0.4) is 0 Å². The molecule has 1 aliphatic rings. The lowest BCUT2D eigenvalue weighted by Gasteiger charge is -2.31. The largest absolute Gasteiger partial charge is 0.397 e. The van der Waals surface area contributed by atoms with Gasteiger partial charge in [-0.3, -0.25) is 9.69 Å². The van der Waals surface area contributed by atoms with Crippen molar-refractivity contribution in [2.24, 2.45) is 5.92 Å². The molecule has 1 saturated heterocycles. The van der Waals surface area contributed by atoms with Crippen molar-refractivity contribution in [3.8, 4) is 0 Å². The van der Waals surface area contributed by atoms with Crippen LogP contribution in [0.5, 0.6) is 0 Å². The van der Waals surface area contributed by atoms with Gasteiger partial charge < -0.3 is 11.1 Å². The van der Waals surface area contributed by atoms with Gasteiger partial charge in [0.25, 0.3) is 0 Å². The maximum atomic E-state index is 12.1. The lowest BCUT2D eigenvalue weighted by atomic mass is 9.96. The number of aryl methyl sites for hydroxylation is 1. The van der Waals surface area contributed by atoms with E-state index in [0.717, 1.165) is 24.6 Å². The zero-order valence-electron chi connectivity index (χ0n) is 12.5. The summed E-state index contributed by atoms with van der Waals surface area (Å²) in [6, 6.07) is 5.71. The fourth-order valence-corrected chi connectivity index (χ4v) is 2.82. The molecule has 0 aliphatic carbocycles. The molecule has 1 aliphatic heterocycles.